The molecule has 0 spiro atoms. The molecule has 1 amide bonds. The summed E-state index contributed by atoms with van der Waals surface area (Å²) >= 11 is 7.52. The highest BCUT2D eigenvalue weighted by molar-refractivity contribution is 8.15. The Morgan fingerprint density at radius 1 is 1.44 bits per heavy atom. The van der Waals surface area contributed by atoms with Gasteiger partial charge in [0.15, 0.2) is 5.17 Å². The SMILES string of the molecule is CN=C1SCC(=O)N1c1cc(Cl)ccc1C(C)C. The normalized spacial score (nSPS) is 18.2. The van der Waals surface area contributed by atoms with Crippen LogP contribution in [0.1, 0.15) is 25.3 Å². The second-order valence-electron chi connectivity index (χ2n) is 4.38. The molecule has 0 bridgehead atoms. The van der Waals surface area contributed by atoms with E-state index in [0.29, 0.717) is 16.7 Å². The highest BCUT2D eigenvalue weighted by atomic mass is 35.5. The minimum absolute atomic E-state index is 0.0600. The quantitative estimate of drug-likeness (QED) is 0.831. The molecule has 96 valence electrons. The Labute approximate surface area is 116 Å². The van der Waals surface area contributed by atoms with E-state index in [-0.39, 0.29) is 5.91 Å². The number of carbonyl (C=O) groups is 1. The maximum Gasteiger partial charge on any atom is 0.243 e. The van der Waals surface area contributed by atoms with Crippen LogP contribution in [0.5, 0.6) is 0 Å². The summed E-state index contributed by atoms with van der Waals surface area (Å²) in [7, 11) is 1.70. The lowest BCUT2D eigenvalue weighted by molar-refractivity contribution is -0.115. The molecule has 0 aromatic heterocycles. The predicted octanol–water partition coefficient (Wildman–Crippen LogP) is 3.53. The number of nitrogens with zero attached hydrogens (tertiary/aromatic N) is 2. The van der Waals surface area contributed by atoms with E-state index in [9.17, 15) is 4.79 Å². The third kappa shape index (κ3) is 2.40. The highest BCUT2D eigenvalue weighted by Crippen LogP contribution is 2.35. The lowest BCUT2D eigenvalue weighted by Crippen LogP contribution is -2.30. The molecule has 1 heterocycles. The van der Waals surface area contributed by atoms with Gasteiger partial charge in [-0.15, -0.1) is 0 Å². The third-order valence-corrected chi connectivity index (χ3v) is 4.06. The molecule has 1 fully saturated rings. The number of anilines is 1. The fourth-order valence-corrected chi connectivity index (χ4v) is 2.97. The molecule has 0 unspecified atom stereocenters. The van der Waals surface area contributed by atoms with Gasteiger partial charge in [-0.2, -0.15) is 0 Å². The Kier molecular flexibility index (Phi) is 3.97. The van der Waals surface area contributed by atoms with Gasteiger partial charge in [0.25, 0.3) is 0 Å². The molecule has 1 aromatic carbocycles. The van der Waals surface area contributed by atoms with Gasteiger partial charge in [-0.25, -0.2) is 0 Å². The maximum absolute atomic E-state index is 12.0. The van der Waals surface area contributed by atoms with Gasteiger partial charge in [-0.05, 0) is 23.6 Å². The van der Waals surface area contributed by atoms with Crippen LogP contribution in [0.4, 0.5) is 5.69 Å². The van der Waals surface area contributed by atoms with Crippen molar-refractivity contribution in [1.29, 1.82) is 0 Å². The molecular formula is C13H15ClN2OS. The van der Waals surface area contributed by atoms with Crippen molar-refractivity contribution in [1.82, 2.24) is 0 Å². The number of thioether (sulfide) groups is 1. The number of benzene rings is 1. The second-order valence-corrected chi connectivity index (χ2v) is 5.76. The van der Waals surface area contributed by atoms with E-state index in [2.05, 4.69) is 18.8 Å². The van der Waals surface area contributed by atoms with Crippen LogP contribution < -0.4 is 4.90 Å². The minimum Gasteiger partial charge on any atom is -0.273 e. The number of aliphatic imine (C=N–C) groups is 1. The van der Waals surface area contributed by atoms with Gasteiger partial charge in [-0.3, -0.25) is 14.7 Å². The second kappa shape index (κ2) is 5.33. The van der Waals surface area contributed by atoms with E-state index in [1.807, 2.05) is 18.2 Å². The average Bonchev–Trinajstić information content (AvgIpc) is 2.69. The number of hydrogen-bond acceptors (Lipinski definition) is 3. The highest BCUT2D eigenvalue weighted by Gasteiger charge is 2.31. The van der Waals surface area contributed by atoms with Crippen LogP contribution in [0.15, 0.2) is 23.2 Å². The summed E-state index contributed by atoms with van der Waals surface area (Å²) in [5.41, 5.74) is 1.96. The number of amides is 1. The summed E-state index contributed by atoms with van der Waals surface area (Å²) in [4.78, 5) is 17.9. The van der Waals surface area contributed by atoms with E-state index in [1.54, 1.807) is 11.9 Å². The molecule has 1 saturated heterocycles. The predicted molar refractivity (Wildman–Crippen MR) is 78.8 cm³/mol. The zero-order valence-corrected chi connectivity index (χ0v) is 12.2. The largest absolute Gasteiger partial charge is 0.273 e. The van der Waals surface area contributed by atoms with E-state index >= 15 is 0 Å². The third-order valence-electron chi connectivity index (χ3n) is 2.81. The summed E-state index contributed by atoms with van der Waals surface area (Å²) in [5, 5.41) is 1.37. The van der Waals surface area contributed by atoms with Crippen molar-refractivity contribution in [3.8, 4) is 0 Å². The number of amidine groups is 1. The Morgan fingerprint density at radius 2 is 2.17 bits per heavy atom. The lowest BCUT2D eigenvalue weighted by Gasteiger charge is -2.21. The van der Waals surface area contributed by atoms with Crippen molar-refractivity contribution in [3.63, 3.8) is 0 Å². The van der Waals surface area contributed by atoms with Crippen molar-refractivity contribution in [2.24, 2.45) is 4.99 Å². The summed E-state index contributed by atoms with van der Waals surface area (Å²) in [6.45, 7) is 4.20. The van der Waals surface area contributed by atoms with Crippen LogP contribution in [0.2, 0.25) is 5.02 Å². The average molecular weight is 283 g/mol. The molecule has 1 aliphatic heterocycles. The van der Waals surface area contributed by atoms with Crippen LogP contribution in [0.3, 0.4) is 0 Å². The molecule has 0 aliphatic carbocycles. The van der Waals surface area contributed by atoms with Crippen molar-refractivity contribution in [3.05, 3.63) is 28.8 Å². The molecule has 3 nitrogen and oxygen atoms in total. The van der Waals surface area contributed by atoms with Crippen molar-refractivity contribution >= 4 is 40.1 Å². The Bertz CT molecular complexity index is 514. The van der Waals surface area contributed by atoms with Gasteiger partial charge in [-0.1, -0.05) is 43.3 Å². The van der Waals surface area contributed by atoms with E-state index in [4.69, 9.17) is 11.6 Å². The van der Waals surface area contributed by atoms with Crippen molar-refractivity contribution in [2.75, 3.05) is 17.7 Å². The minimum atomic E-state index is 0.0600. The van der Waals surface area contributed by atoms with Gasteiger partial charge in [0.05, 0.1) is 11.4 Å². The molecular weight excluding hydrogens is 268 g/mol. The molecule has 1 aromatic rings. The molecule has 0 atom stereocenters. The Hall–Kier alpha value is -1.00. The fraction of sp³-hybridized carbons (Fsp3) is 0.385. The zero-order chi connectivity index (χ0) is 13.3. The summed E-state index contributed by atoms with van der Waals surface area (Å²) in [6.07, 6.45) is 0. The first-order chi connectivity index (χ1) is 8.54. The van der Waals surface area contributed by atoms with Crippen LogP contribution in [-0.4, -0.2) is 23.9 Å². The molecule has 1 aliphatic rings. The van der Waals surface area contributed by atoms with Crippen LogP contribution in [0, 0.1) is 0 Å². The van der Waals surface area contributed by atoms with Crippen LogP contribution >= 0.6 is 23.4 Å². The van der Waals surface area contributed by atoms with Crippen LogP contribution in [0.25, 0.3) is 0 Å². The molecule has 18 heavy (non-hydrogen) atoms. The smallest absolute Gasteiger partial charge is 0.243 e. The standard InChI is InChI=1S/C13H15ClN2OS/c1-8(2)10-5-4-9(14)6-11(10)16-12(17)7-18-13(16)15-3/h4-6,8H,7H2,1-3H3. The molecule has 0 N–H and O–H groups in total. The lowest BCUT2D eigenvalue weighted by atomic mass is 10.0. The summed E-state index contributed by atoms with van der Waals surface area (Å²) < 4.78 is 0. The van der Waals surface area contributed by atoms with Gasteiger partial charge >= 0.3 is 0 Å². The molecule has 5 heteroatoms. The number of halogens is 1. The maximum atomic E-state index is 12.0. The van der Waals surface area contributed by atoms with Crippen LogP contribution in [-0.2, 0) is 4.79 Å². The first kappa shape index (κ1) is 13.4. The van der Waals surface area contributed by atoms with Crippen molar-refractivity contribution in [2.45, 2.75) is 19.8 Å². The van der Waals surface area contributed by atoms with Gasteiger partial charge in [0.2, 0.25) is 5.91 Å². The fourth-order valence-electron chi connectivity index (χ4n) is 1.96. The van der Waals surface area contributed by atoms with Gasteiger partial charge in [0, 0.05) is 12.1 Å². The molecule has 0 radical (unpaired) electrons. The number of carbonyl (C=O) groups excluding carboxylic acids is 1. The van der Waals surface area contributed by atoms with Gasteiger partial charge < -0.3 is 0 Å². The number of rotatable bonds is 2. The van der Waals surface area contributed by atoms with E-state index in [0.717, 1.165) is 16.4 Å². The van der Waals surface area contributed by atoms with Gasteiger partial charge in [0.1, 0.15) is 0 Å². The monoisotopic (exact) mass is 282 g/mol. The first-order valence-corrected chi connectivity index (χ1v) is 7.13. The van der Waals surface area contributed by atoms with E-state index < -0.39 is 0 Å². The Morgan fingerprint density at radius 3 is 2.78 bits per heavy atom. The van der Waals surface area contributed by atoms with E-state index in [1.165, 1.54) is 11.8 Å². The Balaban J connectivity index is 2.55. The number of hydrogen-bond donors (Lipinski definition) is 0. The zero-order valence-electron chi connectivity index (χ0n) is 10.6. The summed E-state index contributed by atoms with van der Waals surface area (Å²) in [5.74, 6) is 0.829. The summed E-state index contributed by atoms with van der Waals surface area (Å²) in [6, 6.07) is 5.68. The topological polar surface area (TPSA) is 32.7 Å². The van der Waals surface area contributed by atoms with Crippen molar-refractivity contribution < 1.29 is 4.79 Å². The molecule has 0 saturated carbocycles. The first-order valence-electron chi connectivity index (χ1n) is 5.76. The molecule has 2 rings (SSSR count).